The van der Waals surface area contributed by atoms with Crippen molar-refractivity contribution in [1.29, 1.82) is 0 Å². The van der Waals surface area contributed by atoms with E-state index in [9.17, 15) is 34.2 Å². The summed E-state index contributed by atoms with van der Waals surface area (Å²) in [5.41, 5.74) is 11.7. The molecule has 0 atom stereocenters. The Bertz CT molecular complexity index is 6970. The van der Waals surface area contributed by atoms with Gasteiger partial charge in [-0.1, -0.05) is 216 Å². The highest BCUT2D eigenvalue weighted by Crippen LogP contribution is 2.47. The van der Waals surface area contributed by atoms with Crippen LogP contribution in [-0.2, 0) is 37.0 Å². The number of thiocarbonyl (C=S) groups is 4. The molecule has 145 heavy (non-hydrogen) atoms. The largest absolute Gasteiger partial charge is 0.493 e. The lowest BCUT2D eigenvalue weighted by Gasteiger charge is -2.23. The molecule has 0 saturated carbocycles. The summed E-state index contributed by atoms with van der Waals surface area (Å²) in [5, 5.41) is 24.2. The third kappa shape index (κ3) is 27.0. The van der Waals surface area contributed by atoms with E-state index in [-0.39, 0.29) is 35.4 Å². The maximum atomic E-state index is 12.6. The van der Waals surface area contributed by atoms with Gasteiger partial charge in [0.2, 0.25) is 11.8 Å². The van der Waals surface area contributed by atoms with Crippen LogP contribution in [0.3, 0.4) is 0 Å². The van der Waals surface area contributed by atoms with Gasteiger partial charge in [-0.15, -0.1) is 11.3 Å². The Balaban J connectivity index is 0.000000151. The van der Waals surface area contributed by atoms with Gasteiger partial charge in [0.25, 0.3) is 23.6 Å². The minimum absolute atomic E-state index is 0.00447. The first kappa shape index (κ1) is 111. The highest BCUT2D eigenvalue weighted by atomic mass is 32.2. The van der Waals surface area contributed by atoms with Crippen molar-refractivity contribution in [2.24, 2.45) is 15.0 Å². The molecular formula is C107H113N17O9S12. The van der Waals surface area contributed by atoms with Crippen LogP contribution in [0, 0.1) is 7.91 Å². The number of aliphatic imine (C=N–C) groups is 3. The second-order valence-corrected chi connectivity index (χ2v) is 41.3. The fourth-order valence-electron chi connectivity index (χ4n) is 15.6. The number of fused-ring (bicyclic) bond motifs is 3. The lowest BCUT2D eigenvalue weighted by atomic mass is 10.1. The van der Waals surface area contributed by atoms with E-state index >= 15 is 0 Å². The molecule has 752 valence electrons. The number of thioether (sulfide) groups is 4. The SMILES string of the molecule is CCN1C(=O)/C(=C\C=C2/OC=C(C)N2CC)SC1=S.CCN1C(=O)/C(=C\C=C2/Sc3ccccc3N2CC)N(CC)C1=S.CCN1C(=O)/C(=C\C=C2N(C)c3ccccc3N2C)SC1=S.CCN1C(=O)/C(=C\C=C2N(CC)c3ccccc3N2CC)SC1=S.CCn1c(O)c(C=CC=Nc2ccccc2)sc1=S.CCn1c(O)c(C=Nc2ccccc2)sc1=S.O=c1o[nH]c(-c2ccccc2)c1C=Nc1ccccc1. The zero-order valence-corrected chi connectivity index (χ0v) is 92.4. The molecule has 26 nitrogen and oxygen atoms in total. The lowest BCUT2D eigenvalue weighted by Crippen LogP contribution is -2.32. The summed E-state index contributed by atoms with van der Waals surface area (Å²) in [4.78, 5) is 100. The number of carbonyl (C=O) groups is 4. The number of aromatic amines is 1. The number of benzene rings is 7. The van der Waals surface area contributed by atoms with Gasteiger partial charge in [-0.25, -0.2) is 9.95 Å². The first-order chi connectivity index (χ1) is 70.1. The molecule has 10 aromatic rings. The second-order valence-electron chi connectivity index (χ2n) is 31.5. The van der Waals surface area contributed by atoms with Gasteiger partial charge in [0.1, 0.15) is 47.0 Å². The fourth-order valence-corrected chi connectivity index (χ4v) is 23.8. The van der Waals surface area contributed by atoms with Crippen LogP contribution in [-0.4, -0.2) is 187 Å². The van der Waals surface area contributed by atoms with Crippen LogP contribution in [0.4, 0.5) is 45.5 Å². The summed E-state index contributed by atoms with van der Waals surface area (Å²) in [5.74, 6) is 3.25. The molecule has 0 aliphatic carbocycles. The Morgan fingerprint density at radius 2 is 0.793 bits per heavy atom. The van der Waals surface area contributed by atoms with E-state index < -0.39 is 5.63 Å². The number of thiazole rings is 2. The van der Waals surface area contributed by atoms with Crippen molar-refractivity contribution in [2.75, 3.05) is 97.5 Å². The zero-order valence-electron chi connectivity index (χ0n) is 82.6. The van der Waals surface area contributed by atoms with Crippen LogP contribution in [0.25, 0.3) is 17.3 Å². The molecule has 8 aliphatic heterocycles. The van der Waals surface area contributed by atoms with Gasteiger partial charge in [0, 0.05) is 115 Å². The summed E-state index contributed by atoms with van der Waals surface area (Å²) in [6.07, 6.45) is 25.5. The number of rotatable bonds is 23. The number of ether oxygens (including phenoxy) is 1. The number of allylic oxidation sites excluding steroid dienone is 10. The number of H-pyrrole nitrogens is 1. The predicted octanol–water partition coefficient (Wildman–Crippen LogP) is 25.3. The smallest absolute Gasteiger partial charge is 0.366 e. The van der Waals surface area contributed by atoms with E-state index in [4.69, 9.17) is 82.6 Å². The Kier molecular flexibility index (Phi) is 41.3. The molecule has 38 heteroatoms. The number of hydrogen-bond acceptors (Lipinski definition) is 30. The minimum Gasteiger partial charge on any atom is -0.493 e. The number of nitrogens with zero attached hydrogens (tertiary/aromatic N) is 16. The molecule has 11 heterocycles. The van der Waals surface area contributed by atoms with Gasteiger partial charge >= 0.3 is 5.63 Å². The topological polar surface area (TPSA) is 247 Å². The van der Waals surface area contributed by atoms with Crippen molar-refractivity contribution in [1.82, 2.24) is 43.7 Å². The third-order valence-electron chi connectivity index (χ3n) is 22.9. The Morgan fingerprint density at radius 3 is 1.25 bits per heavy atom. The molecule has 3 N–H and O–H groups in total. The molecule has 7 aromatic carbocycles. The number of para-hydroxylation sites is 8. The number of aromatic hydroxyl groups is 2. The molecule has 4 amide bonds. The number of anilines is 5. The van der Waals surface area contributed by atoms with E-state index in [1.165, 1.54) is 86.1 Å². The van der Waals surface area contributed by atoms with E-state index in [1.807, 2.05) is 261 Å². The number of likely N-dealkylation sites (N-methyl/N-ethyl adjacent to an activating group) is 5. The van der Waals surface area contributed by atoms with Crippen molar-refractivity contribution < 1.29 is 38.7 Å². The number of hydrogen-bond donors (Lipinski definition) is 3. The van der Waals surface area contributed by atoms with Crippen molar-refractivity contribution in [3.8, 4) is 23.0 Å². The highest BCUT2D eigenvalue weighted by Gasteiger charge is 2.38. The molecular weight excluding hydrogens is 2050 g/mol. The summed E-state index contributed by atoms with van der Waals surface area (Å²) in [6, 6.07) is 63.2. The van der Waals surface area contributed by atoms with Gasteiger partial charge < -0.3 is 53.8 Å². The lowest BCUT2D eigenvalue weighted by molar-refractivity contribution is -0.123. The monoisotopic (exact) mass is 2160 g/mol. The number of carbonyl (C=O) groups excluding carboxylic acids is 4. The van der Waals surface area contributed by atoms with Crippen molar-refractivity contribution in [3.05, 3.63) is 337 Å². The molecule has 0 unspecified atom stereocenters. The Hall–Kier alpha value is -12.7. The summed E-state index contributed by atoms with van der Waals surface area (Å²) in [6.45, 7) is 32.1. The summed E-state index contributed by atoms with van der Waals surface area (Å²) >= 11 is 40.0. The molecule has 0 spiro atoms. The molecule has 4 saturated heterocycles. The maximum Gasteiger partial charge on any atom is 0.366 e. The van der Waals surface area contributed by atoms with Gasteiger partial charge in [-0.2, -0.15) is 0 Å². The summed E-state index contributed by atoms with van der Waals surface area (Å²) < 4.78 is 16.9. The van der Waals surface area contributed by atoms with Crippen LogP contribution < -0.4 is 30.1 Å². The van der Waals surface area contributed by atoms with Crippen LogP contribution in [0.15, 0.2) is 333 Å². The number of aromatic nitrogens is 3. The van der Waals surface area contributed by atoms with Crippen molar-refractivity contribution in [2.45, 2.75) is 101 Å². The fraction of sp³-hybridized carbons (Fsp3) is 0.234. The van der Waals surface area contributed by atoms with Crippen LogP contribution in [0.1, 0.15) is 98.4 Å². The van der Waals surface area contributed by atoms with Crippen molar-refractivity contribution >= 4 is 255 Å². The Labute approximate surface area is 903 Å². The number of nitrogens with one attached hydrogen (secondary N) is 1. The summed E-state index contributed by atoms with van der Waals surface area (Å²) in [7, 11) is 4.05. The van der Waals surface area contributed by atoms with Gasteiger partial charge in [-0.3, -0.25) is 62.9 Å². The zero-order chi connectivity index (χ0) is 104. The van der Waals surface area contributed by atoms with Crippen LogP contribution in [0.5, 0.6) is 11.8 Å². The molecule has 18 rings (SSSR count). The third-order valence-corrected chi connectivity index (χ3v) is 31.5. The average molecular weight is 2170 g/mol. The number of amides is 4. The highest BCUT2D eigenvalue weighted by molar-refractivity contribution is 8.27. The maximum absolute atomic E-state index is 12.6. The predicted molar refractivity (Wildman–Crippen MR) is 625 cm³/mol. The van der Waals surface area contributed by atoms with Gasteiger partial charge in [-0.05, 0) is 247 Å². The minimum atomic E-state index is -0.427. The van der Waals surface area contributed by atoms with Gasteiger partial charge in [0.05, 0.1) is 87.7 Å². The second kappa shape index (κ2) is 53.9. The van der Waals surface area contributed by atoms with E-state index in [1.54, 1.807) is 71.3 Å². The standard InChI is InChI=1S/2C18H21N3OS2.C16H17N3OS2.C16H12N2O2.C14H14N2OS2.C13H16N2O2S2.C12H12N2OS2/c1-4-19-13-9-7-8-10-15(13)24-16(19)12-11-14-17(22)21(6-3)18(23)20(14)5-2;1-4-19-13-9-7-8-10-14(13)20(5-2)16(19)12-11-15-17(22)21(6-3)18(23)24-15;1-4-19-15(20)13(22-16(19)21)9-10-14-17(2)11-7-5-6-8-12(11)18(14)3;19-16-14(11-17-13-9-5-2-6-10-13)15(18-20-16)12-7-3-1-4-8-12;1-2-16-13(17)12(19-14(16)18)9-6-10-15-11-7-4-3-5-8-11;1-4-14-9(3)8-17-11(14)7-6-10-12(16)15(5-2)13(18)19-10;1-2-14-11(15)10(17-12(14)16)8-13-9-6-4-3-5-7-9/h2*7-12H,4-6H2,1-3H3;5-10H,4H2,1-3H3;1-11,18H;3-10,17H,2H2,1H3;6-8H,4-5H2,1-3H3;3-8,15H,2H2,1H3/b14-11+,16-12-;15-11+;13-9+;;;10-6+,11-7-;. The average Bonchev–Trinajstić information content (AvgIpc) is 1.62. The van der Waals surface area contributed by atoms with Crippen LogP contribution >= 0.6 is 143 Å². The van der Waals surface area contributed by atoms with Crippen molar-refractivity contribution in [3.63, 3.8) is 0 Å². The quantitative estimate of drug-likeness (QED) is 0.0306. The molecule has 4 fully saturated rings. The van der Waals surface area contributed by atoms with Crippen LogP contribution in [0.2, 0.25) is 0 Å². The molecule has 8 aliphatic rings. The molecule has 0 radical (unpaired) electrons. The van der Waals surface area contributed by atoms with E-state index in [0.29, 0.717) is 108 Å². The molecule has 3 aromatic heterocycles. The normalized spacial score (nSPS) is 17.0. The first-order valence-corrected chi connectivity index (χ1v) is 54.3. The van der Waals surface area contributed by atoms with E-state index in [0.717, 1.165) is 93.3 Å². The Morgan fingerprint density at radius 1 is 0.386 bits per heavy atom. The first-order valence-electron chi connectivity index (χ1n) is 47.0. The van der Waals surface area contributed by atoms with E-state index in [2.05, 4.69) is 133 Å². The van der Waals surface area contributed by atoms with Gasteiger partial charge in [0.15, 0.2) is 18.9 Å². The molecule has 0 bridgehead atoms.